The standard InChI is InChI=1S/C29H29F3N6O5S/c30-29(31,32)23-2-1-9-33-27(23)19-3-5-22-24(16-19)36-25(18-43-21-7-12-41-13-8-21)37-28(22)35-20-4-6-26(34-17-20)44(39,40)38-10-14-42-15-11-38/h1-6,9,16-17,21H,7-8,10-15,18H2,(H,35,36,37). The van der Waals surface area contributed by atoms with E-state index < -0.39 is 21.8 Å². The van der Waals surface area contributed by atoms with E-state index in [0.717, 1.165) is 18.9 Å². The minimum atomic E-state index is -4.59. The average molecular weight is 631 g/mol. The highest BCUT2D eigenvalue weighted by atomic mass is 32.2. The van der Waals surface area contributed by atoms with Crippen molar-refractivity contribution >= 4 is 32.4 Å². The van der Waals surface area contributed by atoms with Gasteiger partial charge in [-0.05, 0) is 49.2 Å². The van der Waals surface area contributed by atoms with Gasteiger partial charge in [-0.15, -0.1) is 0 Å². The predicted octanol–water partition coefficient (Wildman–Crippen LogP) is 4.57. The fourth-order valence-electron chi connectivity index (χ4n) is 5.05. The second-order valence-electron chi connectivity index (χ2n) is 10.3. The van der Waals surface area contributed by atoms with Crippen molar-refractivity contribution in [3.63, 3.8) is 0 Å². The molecular formula is C29H29F3N6O5S. The maximum atomic E-state index is 13.8. The van der Waals surface area contributed by atoms with E-state index in [0.29, 0.717) is 54.7 Å². The van der Waals surface area contributed by atoms with E-state index in [-0.39, 0.29) is 42.1 Å². The molecule has 2 aliphatic rings. The molecule has 0 aliphatic carbocycles. The molecule has 0 spiro atoms. The summed E-state index contributed by atoms with van der Waals surface area (Å²) in [5.41, 5.74) is 0.00856. The van der Waals surface area contributed by atoms with Gasteiger partial charge in [0.15, 0.2) is 10.9 Å². The quantitative estimate of drug-likeness (QED) is 0.296. The van der Waals surface area contributed by atoms with Crippen molar-refractivity contribution in [1.29, 1.82) is 0 Å². The molecule has 1 N–H and O–H groups in total. The number of nitrogens with one attached hydrogen (secondary N) is 1. The van der Waals surface area contributed by atoms with Crippen LogP contribution in [0.25, 0.3) is 22.2 Å². The lowest BCUT2D eigenvalue weighted by Crippen LogP contribution is -2.40. The molecule has 0 unspecified atom stereocenters. The van der Waals surface area contributed by atoms with E-state index in [2.05, 4.69) is 25.3 Å². The predicted molar refractivity (Wildman–Crippen MR) is 153 cm³/mol. The van der Waals surface area contributed by atoms with Crippen LogP contribution in [0.15, 0.2) is 59.9 Å². The van der Waals surface area contributed by atoms with Crippen LogP contribution in [0.4, 0.5) is 24.7 Å². The summed E-state index contributed by atoms with van der Waals surface area (Å²) in [6.45, 7) is 2.40. The van der Waals surface area contributed by atoms with Gasteiger partial charge in [0.25, 0.3) is 10.0 Å². The Hall–Kier alpha value is -3.76. The summed E-state index contributed by atoms with van der Waals surface area (Å²) in [6, 6.07) is 9.90. The third kappa shape index (κ3) is 6.66. The van der Waals surface area contributed by atoms with Crippen LogP contribution in [0.2, 0.25) is 0 Å². The SMILES string of the molecule is O=S(=O)(c1ccc(Nc2nc(COC3CCOCC3)nc3cc(-c4ncccc4C(F)(F)F)ccc23)cn1)N1CCOCC1. The zero-order valence-electron chi connectivity index (χ0n) is 23.5. The largest absolute Gasteiger partial charge is 0.418 e. The summed E-state index contributed by atoms with van der Waals surface area (Å²) in [6.07, 6.45) is -0.461. The number of hydrogen-bond acceptors (Lipinski definition) is 10. The number of morpholine rings is 1. The minimum Gasteiger partial charge on any atom is -0.381 e. The molecule has 3 aromatic heterocycles. The molecule has 1 aromatic carbocycles. The normalized spacial score (nSPS) is 17.2. The van der Waals surface area contributed by atoms with Crippen molar-refractivity contribution in [2.75, 3.05) is 44.8 Å². The van der Waals surface area contributed by atoms with Crippen LogP contribution < -0.4 is 5.32 Å². The molecule has 232 valence electrons. The van der Waals surface area contributed by atoms with Crippen LogP contribution in [0.5, 0.6) is 0 Å². The number of anilines is 2. The van der Waals surface area contributed by atoms with Gasteiger partial charge in [-0.25, -0.2) is 23.4 Å². The molecule has 44 heavy (non-hydrogen) atoms. The fourth-order valence-corrected chi connectivity index (χ4v) is 6.37. The Morgan fingerprint density at radius 1 is 0.977 bits per heavy atom. The number of rotatable bonds is 8. The average Bonchev–Trinajstić information content (AvgIpc) is 3.04. The lowest BCUT2D eigenvalue weighted by Gasteiger charge is -2.25. The molecule has 0 radical (unpaired) electrons. The Morgan fingerprint density at radius 2 is 1.75 bits per heavy atom. The molecular weight excluding hydrogens is 601 g/mol. The van der Waals surface area contributed by atoms with Crippen molar-refractivity contribution in [2.45, 2.75) is 36.8 Å². The second kappa shape index (κ2) is 12.7. The van der Waals surface area contributed by atoms with Crippen LogP contribution >= 0.6 is 0 Å². The smallest absolute Gasteiger partial charge is 0.381 e. The first kappa shape index (κ1) is 30.3. The van der Waals surface area contributed by atoms with Crippen molar-refractivity contribution in [3.8, 4) is 11.3 Å². The van der Waals surface area contributed by atoms with Crippen molar-refractivity contribution in [2.24, 2.45) is 0 Å². The maximum absolute atomic E-state index is 13.8. The van der Waals surface area contributed by atoms with E-state index in [9.17, 15) is 21.6 Å². The molecule has 2 fully saturated rings. The zero-order valence-corrected chi connectivity index (χ0v) is 24.3. The van der Waals surface area contributed by atoms with E-state index >= 15 is 0 Å². The van der Waals surface area contributed by atoms with E-state index in [1.165, 1.54) is 41.0 Å². The molecule has 2 saturated heterocycles. The molecule has 4 aromatic rings. The lowest BCUT2D eigenvalue weighted by molar-refractivity contribution is -0.137. The van der Waals surface area contributed by atoms with Gasteiger partial charge >= 0.3 is 6.18 Å². The van der Waals surface area contributed by atoms with Gasteiger partial charge in [-0.2, -0.15) is 17.5 Å². The number of fused-ring (bicyclic) bond motifs is 1. The van der Waals surface area contributed by atoms with Crippen LogP contribution in [0.3, 0.4) is 0 Å². The molecule has 5 heterocycles. The Kier molecular flexibility index (Phi) is 8.73. The van der Waals surface area contributed by atoms with Crippen LogP contribution in [-0.4, -0.2) is 78.3 Å². The Bertz CT molecular complexity index is 1730. The number of aromatic nitrogens is 4. The van der Waals surface area contributed by atoms with E-state index in [1.807, 2.05) is 0 Å². The third-order valence-electron chi connectivity index (χ3n) is 7.32. The number of alkyl halides is 3. The van der Waals surface area contributed by atoms with Gasteiger partial charge < -0.3 is 19.5 Å². The van der Waals surface area contributed by atoms with Crippen molar-refractivity contribution in [1.82, 2.24) is 24.2 Å². The lowest BCUT2D eigenvalue weighted by atomic mass is 10.0. The fraction of sp³-hybridized carbons (Fsp3) is 0.379. The number of sulfonamides is 1. The van der Waals surface area contributed by atoms with Crippen LogP contribution in [-0.2, 0) is 37.0 Å². The molecule has 0 amide bonds. The molecule has 0 saturated carbocycles. The highest BCUT2D eigenvalue weighted by Crippen LogP contribution is 2.37. The summed E-state index contributed by atoms with van der Waals surface area (Å²) in [5, 5.41) is 3.60. The number of pyridine rings is 2. The highest BCUT2D eigenvalue weighted by molar-refractivity contribution is 7.89. The van der Waals surface area contributed by atoms with E-state index in [1.54, 1.807) is 12.1 Å². The van der Waals surface area contributed by atoms with Gasteiger partial charge in [0.2, 0.25) is 0 Å². The van der Waals surface area contributed by atoms with Gasteiger partial charge in [-0.1, -0.05) is 6.07 Å². The van der Waals surface area contributed by atoms with Crippen LogP contribution in [0.1, 0.15) is 24.2 Å². The Labute approximate surface area is 251 Å². The maximum Gasteiger partial charge on any atom is 0.418 e. The highest BCUT2D eigenvalue weighted by Gasteiger charge is 2.34. The Balaban J connectivity index is 1.33. The summed E-state index contributed by atoms with van der Waals surface area (Å²) < 4.78 is 85.2. The molecule has 2 aliphatic heterocycles. The number of hydrogen-bond donors (Lipinski definition) is 1. The summed E-state index contributed by atoms with van der Waals surface area (Å²) in [4.78, 5) is 17.4. The van der Waals surface area contributed by atoms with E-state index in [4.69, 9.17) is 14.2 Å². The van der Waals surface area contributed by atoms with Crippen LogP contribution in [0, 0.1) is 0 Å². The first-order valence-electron chi connectivity index (χ1n) is 14.0. The molecule has 0 bridgehead atoms. The molecule has 15 heteroatoms. The summed E-state index contributed by atoms with van der Waals surface area (Å²) in [7, 11) is -3.78. The van der Waals surface area contributed by atoms with Gasteiger partial charge in [0.05, 0.1) is 48.0 Å². The minimum absolute atomic E-state index is 0.0289. The zero-order chi connectivity index (χ0) is 30.7. The monoisotopic (exact) mass is 630 g/mol. The number of ether oxygens (including phenoxy) is 3. The molecule has 6 rings (SSSR count). The number of benzene rings is 1. The topological polar surface area (TPSA) is 129 Å². The van der Waals surface area contributed by atoms with Gasteiger partial charge in [0.1, 0.15) is 12.4 Å². The third-order valence-corrected chi connectivity index (χ3v) is 9.13. The van der Waals surface area contributed by atoms with Gasteiger partial charge in [-0.3, -0.25) is 4.98 Å². The number of halogens is 3. The number of nitrogens with zero attached hydrogens (tertiary/aromatic N) is 5. The molecule has 0 atom stereocenters. The molecule has 11 nitrogen and oxygen atoms in total. The summed E-state index contributed by atoms with van der Waals surface area (Å²) >= 11 is 0. The van der Waals surface area contributed by atoms with Crippen molar-refractivity contribution in [3.05, 3.63) is 66.2 Å². The first-order valence-corrected chi connectivity index (χ1v) is 15.5. The van der Waals surface area contributed by atoms with Gasteiger partial charge in [0, 0.05) is 43.4 Å². The first-order chi connectivity index (χ1) is 21.2. The second-order valence-corrected chi connectivity index (χ2v) is 12.2. The summed E-state index contributed by atoms with van der Waals surface area (Å²) in [5.74, 6) is 0.676. The van der Waals surface area contributed by atoms with Crippen molar-refractivity contribution < 1.29 is 35.8 Å². The Morgan fingerprint density at radius 3 is 2.48 bits per heavy atom.